The van der Waals surface area contributed by atoms with Crippen LogP contribution < -0.4 is 4.90 Å². The molecule has 21 heavy (non-hydrogen) atoms. The smallest absolute Gasteiger partial charge is 0.237 e. The average molecular weight is 285 g/mol. The van der Waals surface area contributed by atoms with Crippen molar-refractivity contribution in [1.29, 1.82) is 0 Å². The van der Waals surface area contributed by atoms with Crippen molar-refractivity contribution in [2.45, 2.75) is 33.1 Å². The molecule has 0 radical (unpaired) electrons. The molecule has 2 amide bonds. The Balaban J connectivity index is 1.95. The molecule has 0 bridgehead atoms. The van der Waals surface area contributed by atoms with Crippen LogP contribution in [0.25, 0.3) is 0 Å². The topological polar surface area (TPSA) is 54.5 Å². The van der Waals surface area contributed by atoms with Gasteiger partial charge in [0.05, 0.1) is 17.5 Å². The monoisotopic (exact) mass is 285 g/mol. The second kappa shape index (κ2) is 5.10. The average Bonchev–Trinajstić information content (AvgIpc) is 2.70. The molecule has 3 unspecified atom stereocenters. The fraction of sp³-hybridized carbons (Fsp3) is 0.471. The third-order valence-corrected chi connectivity index (χ3v) is 4.70. The van der Waals surface area contributed by atoms with Crippen LogP contribution in [-0.2, 0) is 9.59 Å². The fourth-order valence-electron chi connectivity index (χ4n) is 3.51. The molecule has 4 nitrogen and oxygen atoms in total. The first-order valence-electron chi connectivity index (χ1n) is 7.48. The van der Waals surface area contributed by atoms with Gasteiger partial charge in [-0.15, -0.1) is 0 Å². The summed E-state index contributed by atoms with van der Waals surface area (Å²) in [6, 6.07) is 6.78. The van der Waals surface area contributed by atoms with Crippen LogP contribution in [0.3, 0.4) is 0 Å². The second-order valence-corrected chi connectivity index (χ2v) is 6.25. The number of benzene rings is 1. The number of rotatable bonds is 2. The van der Waals surface area contributed by atoms with Gasteiger partial charge in [-0.25, -0.2) is 0 Å². The number of Topliss-reactive ketones (excluding diaryl/α,β-unsaturated/α-hetero) is 1. The minimum atomic E-state index is -0.178. The minimum Gasteiger partial charge on any atom is -0.295 e. The number of hydrogen-bond acceptors (Lipinski definition) is 3. The number of hydrogen-bond donors (Lipinski definition) is 0. The molecular weight excluding hydrogens is 266 g/mol. The number of carbonyl (C=O) groups is 3. The Morgan fingerprint density at radius 3 is 2.57 bits per heavy atom. The predicted octanol–water partition coefficient (Wildman–Crippen LogP) is 2.81. The van der Waals surface area contributed by atoms with Gasteiger partial charge in [-0.3, -0.25) is 19.3 Å². The summed E-state index contributed by atoms with van der Waals surface area (Å²) in [5.41, 5.74) is 1.05. The molecule has 3 rings (SSSR count). The SMILES string of the molecule is CC(=O)c1cccc(N2C(=O)C3CCC(C)CC3C2=O)c1. The largest absolute Gasteiger partial charge is 0.295 e. The fourth-order valence-corrected chi connectivity index (χ4v) is 3.51. The first-order valence-corrected chi connectivity index (χ1v) is 7.48. The van der Waals surface area contributed by atoms with E-state index in [4.69, 9.17) is 0 Å². The van der Waals surface area contributed by atoms with E-state index in [-0.39, 0.29) is 29.4 Å². The van der Waals surface area contributed by atoms with E-state index >= 15 is 0 Å². The van der Waals surface area contributed by atoms with Gasteiger partial charge in [0.15, 0.2) is 5.78 Å². The van der Waals surface area contributed by atoms with Gasteiger partial charge in [0.2, 0.25) is 11.8 Å². The van der Waals surface area contributed by atoms with Crippen molar-refractivity contribution >= 4 is 23.3 Å². The summed E-state index contributed by atoms with van der Waals surface area (Å²) < 4.78 is 0. The number of ketones is 1. The van der Waals surface area contributed by atoms with Gasteiger partial charge in [0, 0.05) is 5.56 Å². The summed E-state index contributed by atoms with van der Waals surface area (Å²) in [4.78, 5) is 37.9. The number of nitrogens with zero attached hydrogens (tertiary/aromatic N) is 1. The molecule has 2 aliphatic rings. The van der Waals surface area contributed by atoms with Crippen LogP contribution in [0.2, 0.25) is 0 Å². The third kappa shape index (κ3) is 2.28. The van der Waals surface area contributed by atoms with E-state index in [1.807, 2.05) is 0 Å². The molecule has 1 aromatic carbocycles. The van der Waals surface area contributed by atoms with Crippen molar-refractivity contribution in [2.75, 3.05) is 4.90 Å². The van der Waals surface area contributed by atoms with Crippen LogP contribution in [0, 0.1) is 17.8 Å². The van der Waals surface area contributed by atoms with Crippen molar-refractivity contribution in [3.8, 4) is 0 Å². The Morgan fingerprint density at radius 1 is 1.14 bits per heavy atom. The molecule has 0 spiro atoms. The Bertz CT molecular complexity index is 622. The van der Waals surface area contributed by atoms with Crippen molar-refractivity contribution in [3.63, 3.8) is 0 Å². The maximum atomic E-state index is 12.6. The van der Waals surface area contributed by atoms with E-state index in [1.54, 1.807) is 24.3 Å². The highest BCUT2D eigenvalue weighted by Crippen LogP contribution is 2.42. The van der Waals surface area contributed by atoms with E-state index in [0.717, 1.165) is 19.3 Å². The van der Waals surface area contributed by atoms with Gasteiger partial charge in [-0.2, -0.15) is 0 Å². The maximum Gasteiger partial charge on any atom is 0.237 e. The lowest BCUT2D eigenvalue weighted by Gasteiger charge is -2.25. The molecule has 2 fully saturated rings. The third-order valence-electron chi connectivity index (χ3n) is 4.70. The zero-order valence-corrected chi connectivity index (χ0v) is 12.3. The van der Waals surface area contributed by atoms with Gasteiger partial charge in [0.25, 0.3) is 0 Å². The highest BCUT2D eigenvalue weighted by Gasteiger charge is 2.49. The highest BCUT2D eigenvalue weighted by molar-refractivity contribution is 6.22. The molecule has 1 aromatic rings. The second-order valence-electron chi connectivity index (χ2n) is 6.25. The lowest BCUT2D eigenvalue weighted by molar-refractivity contribution is -0.122. The van der Waals surface area contributed by atoms with Crippen molar-refractivity contribution in [3.05, 3.63) is 29.8 Å². The first kappa shape index (κ1) is 14.0. The van der Waals surface area contributed by atoms with Gasteiger partial charge < -0.3 is 0 Å². The van der Waals surface area contributed by atoms with Crippen LogP contribution in [0.15, 0.2) is 24.3 Å². The molecule has 3 atom stereocenters. The van der Waals surface area contributed by atoms with Gasteiger partial charge in [-0.1, -0.05) is 19.1 Å². The maximum absolute atomic E-state index is 12.6. The predicted molar refractivity (Wildman–Crippen MR) is 78.9 cm³/mol. The van der Waals surface area contributed by atoms with Crippen LogP contribution in [0.4, 0.5) is 5.69 Å². The Labute approximate surface area is 124 Å². The van der Waals surface area contributed by atoms with E-state index < -0.39 is 0 Å². The number of fused-ring (bicyclic) bond motifs is 1. The molecule has 0 N–H and O–H groups in total. The number of imide groups is 1. The summed E-state index contributed by atoms with van der Waals surface area (Å²) in [6.45, 7) is 3.61. The van der Waals surface area contributed by atoms with Crippen LogP contribution in [0.1, 0.15) is 43.5 Å². The molecule has 1 heterocycles. The lowest BCUT2D eigenvalue weighted by atomic mass is 9.76. The highest BCUT2D eigenvalue weighted by atomic mass is 16.2. The molecular formula is C17H19NO3. The number of anilines is 1. The minimum absolute atomic E-state index is 0.0676. The lowest BCUT2D eigenvalue weighted by Crippen LogP contribution is -2.31. The zero-order chi connectivity index (χ0) is 15.1. The first-order chi connectivity index (χ1) is 9.99. The molecule has 4 heteroatoms. The van der Waals surface area contributed by atoms with Gasteiger partial charge in [-0.05, 0) is 44.2 Å². The molecule has 1 saturated heterocycles. The van der Waals surface area contributed by atoms with E-state index in [0.29, 0.717) is 17.2 Å². The van der Waals surface area contributed by atoms with Crippen LogP contribution >= 0.6 is 0 Å². The van der Waals surface area contributed by atoms with E-state index in [1.165, 1.54) is 11.8 Å². The molecule has 110 valence electrons. The molecule has 1 saturated carbocycles. The quantitative estimate of drug-likeness (QED) is 0.620. The zero-order valence-electron chi connectivity index (χ0n) is 12.3. The molecule has 1 aliphatic carbocycles. The molecule has 1 aliphatic heterocycles. The Hall–Kier alpha value is -1.97. The van der Waals surface area contributed by atoms with Crippen molar-refractivity contribution in [1.82, 2.24) is 0 Å². The van der Waals surface area contributed by atoms with Crippen LogP contribution in [0.5, 0.6) is 0 Å². The standard InChI is InChI=1S/C17H19NO3/c1-10-6-7-14-15(8-10)17(21)18(16(14)20)13-5-3-4-12(9-13)11(2)19/h3-5,9-10,14-15H,6-8H2,1-2H3. The van der Waals surface area contributed by atoms with Gasteiger partial charge in [0.1, 0.15) is 0 Å². The summed E-state index contributed by atoms with van der Waals surface area (Å²) in [5, 5.41) is 0. The normalized spacial score (nSPS) is 28.7. The van der Waals surface area contributed by atoms with Gasteiger partial charge >= 0.3 is 0 Å². The summed E-state index contributed by atoms with van der Waals surface area (Å²) in [5.74, 6) is -0.125. The summed E-state index contributed by atoms with van der Waals surface area (Å²) in [6.07, 6.45) is 2.58. The van der Waals surface area contributed by atoms with E-state index in [2.05, 4.69) is 6.92 Å². The summed E-state index contributed by atoms with van der Waals surface area (Å²) >= 11 is 0. The van der Waals surface area contributed by atoms with Crippen molar-refractivity contribution < 1.29 is 14.4 Å². The van der Waals surface area contributed by atoms with E-state index in [9.17, 15) is 14.4 Å². The van der Waals surface area contributed by atoms with Crippen LogP contribution in [-0.4, -0.2) is 17.6 Å². The number of carbonyl (C=O) groups excluding carboxylic acids is 3. The summed E-state index contributed by atoms with van der Waals surface area (Å²) in [7, 11) is 0. The number of amides is 2. The Morgan fingerprint density at radius 2 is 1.86 bits per heavy atom. The molecule has 0 aromatic heterocycles. The van der Waals surface area contributed by atoms with Crippen molar-refractivity contribution in [2.24, 2.45) is 17.8 Å². The Kier molecular flexibility index (Phi) is 3.40.